The van der Waals surface area contributed by atoms with E-state index in [1.54, 1.807) is 12.1 Å². The normalized spacial score (nSPS) is 12.8. The molecule has 2 N–H and O–H groups in total. The summed E-state index contributed by atoms with van der Waals surface area (Å²) in [7, 11) is 1.91. The van der Waals surface area contributed by atoms with Crippen LogP contribution in [0.15, 0.2) is 48.5 Å². The molecule has 0 aliphatic rings. The zero-order valence-electron chi connectivity index (χ0n) is 11.3. The molecule has 0 aliphatic heterocycles. The average molecular weight is 269 g/mol. The fraction of sp³-hybridized carbons (Fsp3) is 0.188. The van der Waals surface area contributed by atoms with Crippen LogP contribution in [0.2, 0.25) is 0 Å². The average Bonchev–Trinajstić information content (AvgIpc) is 2.79. The molecule has 2 aromatic carbocycles. The Labute approximate surface area is 116 Å². The summed E-state index contributed by atoms with van der Waals surface area (Å²) in [5, 5.41) is 5.59. The molecule has 4 heteroatoms. The van der Waals surface area contributed by atoms with E-state index in [1.807, 2.05) is 36.0 Å². The van der Waals surface area contributed by atoms with Crippen molar-refractivity contribution in [1.29, 1.82) is 0 Å². The highest BCUT2D eigenvalue weighted by Crippen LogP contribution is 2.24. The minimum Gasteiger partial charge on any atom is -0.322 e. The first-order chi connectivity index (χ1) is 9.65. The lowest BCUT2D eigenvalue weighted by Crippen LogP contribution is -2.14. The smallest absolute Gasteiger partial charge is 0.123 e. The van der Waals surface area contributed by atoms with Gasteiger partial charge in [-0.05, 0) is 30.2 Å². The van der Waals surface area contributed by atoms with Crippen LogP contribution in [0.5, 0.6) is 0 Å². The molecule has 1 atom stereocenters. The summed E-state index contributed by atoms with van der Waals surface area (Å²) in [4.78, 5) is 0. The molecule has 0 fully saturated rings. The van der Waals surface area contributed by atoms with Gasteiger partial charge in [0.1, 0.15) is 5.82 Å². The van der Waals surface area contributed by atoms with Crippen LogP contribution >= 0.6 is 0 Å². The number of halogens is 1. The third-order valence-corrected chi connectivity index (χ3v) is 3.51. The molecule has 3 aromatic rings. The second-order valence-electron chi connectivity index (χ2n) is 4.96. The van der Waals surface area contributed by atoms with Gasteiger partial charge in [0, 0.05) is 12.4 Å². The van der Waals surface area contributed by atoms with Crippen LogP contribution < -0.4 is 5.73 Å². The van der Waals surface area contributed by atoms with Gasteiger partial charge in [0.25, 0.3) is 0 Å². The number of benzene rings is 2. The highest BCUT2D eigenvalue weighted by molar-refractivity contribution is 5.82. The highest BCUT2D eigenvalue weighted by Gasteiger charge is 2.15. The van der Waals surface area contributed by atoms with E-state index in [-0.39, 0.29) is 11.9 Å². The number of rotatable bonds is 3. The van der Waals surface area contributed by atoms with E-state index in [0.717, 1.165) is 22.2 Å². The first-order valence-electron chi connectivity index (χ1n) is 6.57. The molecule has 0 aliphatic carbocycles. The van der Waals surface area contributed by atoms with Crippen molar-refractivity contribution in [3.05, 3.63) is 65.6 Å². The van der Waals surface area contributed by atoms with E-state index >= 15 is 0 Å². The molecule has 1 aromatic heterocycles. The molecule has 0 saturated heterocycles. The minimum atomic E-state index is -0.231. The highest BCUT2D eigenvalue weighted by atomic mass is 19.1. The van der Waals surface area contributed by atoms with Gasteiger partial charge in [-0.1, -0.05) is 30.3 Å². The van der Waals surface area contributed by atoms with E-state index in [0.29, 0.717) is 6.42 Å². The Kier molecular flexibility index (Phi) is 3.24. The van der Waals surface area contributed by atoms with E-state index in [1.165, 1.54) is 12.1 Å². The number of fused-ring (bicyclic) bond motifs is 1. The second-order valence-corrected chi connectivity index (χ2v) is 4.96. The first kappa shape index (κ1) is 12.8. The number of aromatic nitrogens is 2. The monoisotopic (exact) mass is 269 g/mol. The van der Waals surface area contributed by atoms with Crippen molar-refractivity contribution in [3.63, 3.8) is 0 Å². The Hall–Kier alpha value is -2.20. The molecule has 0 saturated carbocycles. The van der Waals surface area contributed by atoms with Gasteiger partial charge >= 0.3 is 0 Å². The Morgan fingerprint density at radius 3 is 2.60 bits per heavy atom. The Morgan fingerprint density at radius 1 is 1.15 bits per heavy atom. The molecule has 1 unspecified atom stereocenters. The van der Waals surface area contributed by atoms with Crippen LogP contribution in [-0.4, -0.2) is 9.78 Å². The number of nitrogens with two attached hydrogens (primary N) is 1. The van der Waals surface area contributed by atoms with Crippen molar-refractivity contribution in [2.45, 2.75) is 12.5 Å². The molecule has 3 nitrogen and oxygen atoms in total. The van der Waals surface area contributed by atoms with Crippen LogP contribution in [0.1, 0.15) is 17.3 Å². The predicted octanol–water partition coefficient (Wildman–Crippen LogP) is 2.95. The molecule has 0 spiro atoms. The quantitative estimate of drug-likeness (QED) is 0.794. The van der Waals surface area contributed by atoms with E-state index in [4.69, 9.17) is 5.73 Å². The third kappa shape index (κ3) is 2.30. The van der Waals surface area contributed by atoms with Crippen LogP contribution in [0, 0.1) is 5.82 Å². The predicted molar refractivity (Wildman–Crippen MR) is 77.7 cm³/mol. The van der Waals surface area contributed by atoms with Crippen molar-refractivity contribution >= 4 is 10.9 Å². The van der Waals surface area contributed by atoms with Gasteiger partial charge in [0.15, 0.2) is 0 Å². The van der Waals surface area contributed by atoms with E-state index in [2.05, 4.69) is 5.10 Å². The van der Waals surface area contributed by atoms with Gasteiger partial charge in [0.2, 0.25) is 0 Å². The standard InChI is InChI=1S/C16H16FN3/c1-20-15-5-3-2-4-13(15)16(19-20)14(18)10-11-6-8-12(17)9-7-11/h2-9,14H,10,18H2,1H3. The second kappa shape index (κ2) is 5.06. The van der Waals surface area contributed by atoms with Crippen LogP contribution in [0.25, 0.3) is 10.9 Å². The summed E-state index contributed by atoms with van der Waals surface area (Å²) >= 11 is 0. The molecule has 102 valence electrons. The third-order valence-electron chi connectivity index (χ3n) is 3.51. The van der Waals surface area contributed by atoms with Crippen LogP contribution in [-0.2, 0) is 13.5 Å². The zero-order chi connectivity index (χ0) is 14.1. The fourth-order valence-electron chi connectivity index (χ4n) is 2.49. The molecule has 20 heavy (non-hydrogen) atoms. The van der Waals surface area contributed by atoms with Gasteiger partial charge < -0.3 is 5.73 Å². The lowest BCUT2D eigenvalue weighted by atomic mass is 10.0. The molecule has 0 radical (unpaired) electrons. The molecular formula is C16H16FN3. The molecule has 3 rings (SSSR count). The van der Waals surface area contributed by atoms with Gasteiger partial charge in [-0.2, -0.15) is 5.10 Å². The minimum absolute atomic E-state index is 0.202. The number of hydrogen-bond donors (Lipinski definition) is 1. The number of para-hydroxylation sites is 1. The molecule has 0 bridgehead atoms. The van der Waals surface area contributed by atoms with E-state index < -0.39 is 0 Å². The Balaban J connectivity index is 1.92. The van der Waals surface area contributed by atoms with Gasteiger partial charge in [-0.3, -0.25) is 4.68 Å². The zero-order valence-corrected chi connectivity index (χ0v) is 11.3. The van der Waals surface area contributed by atoms with Crippen molar-refractivity contribution in [1.82, 2.24) is 9.78 Å². The number of nitrogens with zero attached hydrogens (tertiary/aromatic N) is 2. The summed E-state index contributed by atoms with van der Waals surface area (Å²) in [5.74, 6) is -0.231. The first-order valence-corrected chi connectivity index (χ1v) is 6.57. The maximum absolute atomic E-state index is 12.9. The summed E-state index contributed by atoms with van der Waals surface area (Å²) in [6.45, 7) is 0. The lowest BCUT2D eigenvalue weighted by molar-refractivity contribution is 0.624. The lowest BCUT2D eigenvalue weighted by Gasteiger charge is -2.09. The summed E-state index contributed by atoms with van der Waals surface area (Å²) in [6.07, 6.45) is 0.640. The maximum atomic E-state index is 12.9. The SMILES string of the molecule is Cn1nc(C(N)Cc2ccc(F)cc2)c2ccccc21. The molecule has 0 amide bonds. The van der Waals surface area contributed by atoms with Crippen molar-refractivity contribution in [2.24, 2.45) is 12.8 Å². The van der Waals surface area contributed by atoms with Crippen LogP contribution in [0.4, 0.5) is 4.39 Å². The molecular weight excluding hydrogens is 253 g/mol. The number of hydrogen-bond acceptors (Lipinski definition) is 2. The van der Waals surface area contributed by atoms with Crippen molar-refractivity contribution in [2.75, 3.05) is 0 Å². The Bertz CT molecular complexity index is 731. The fourth-order valence-corrected chi connectivity index (χ4v) is 2.49. The van der Waals surface area contributed by atoms with Crippen molar-refractivity contribution < 1.29 is 4.39 Å². The topological polar surface area (TPSA) is 43.8 Å². The van der Waals surface area contributed by atoms with E-state index in [9.17, 15) is 4.39 Å². The Morgan fingerprint density at radius 2 is 1.85 bits per heavy atom. The largest absolute Gasteiger partial charge is 0.322 e. The van der Waals surface area contributed by atoms with Gasteiger partial charge in [0.05, 0.1) is 17.3 Å². The van der Waals surface area contributed by atoms with Gasteiger partial charge in [-0.15, -0.1) is 0 Å². The summed E-state index contributed by atoms with van der Waals surface area (Å²) in [5.41, 5.74) is 9.23. The molecule has 1 heterocycles. The van der Waals surface area contributed by atoms with Gasteiger partial charge in [-0.25, -0.2) is 4.39 Å². The van der Waals surface area contributed by atoms with Crippen molar-refractivity contribution in [3.8, 4) is 0 Å². The summed E-state index contributed by atoms with van der Waals surface area (Å²) in [6, 6.07) is 14.3. The van der Waals surface area contributed by atoms with Crippen LogP contribution in [0.3, 0.4) is 0 Å². The summed E-state index contributed by atoms with van der Waals surface area (Å²) < 4.78 is 14.8. The number of aryl methyl sites for hydroxylation is 1. The maximum Gasteiger partial charge on any atom is 0.123 e.